The molecule has 0 amide bonds. The van der Waals surface area contributed by atoms with Crippen molar-refractivity contribution in [1.29, 1.82) is 0 Å². The SMILES string of the molecule is CCOC(=O)C(Cl)CCc1ccc(C2CCCCC2)c(SC)c1. The van der Waals surface area contributed by atoms with Crippen molar-refractivity contribution in [3.05, 3.63) is 29.3 Å². The Balaban J connectivity index is 1.99. The van der Waals surface area contributed by atoms with Gasteiger partial charge in [0.05, 0.1) is 6.61 Å². The van der Waals surface area contributed by atoms with Gasteiger partial charge in [0.25, 0.3) is 0 Å². The summed E-state index contributed by atoms with van der Waals surface area (Å²) in [6, 6.07) is 6.78. The number of thioether (sulfide) groups is 1. The Labute approximate surface area is 149 Å². The molecule has 2 rings (SSSR count). The third-order valence-electron chi connectivity index (χ3n) is 4.57. The maximum atomic E-state index is 11.6. The maximum Gasteiger partial charge on any atom is 0.324 e. The Hall–Kier alpha value is -0.670. The van der Waals surface area contributed by atoms with E-state index >= 15 is 0 Å². The van der Waals surface area contributed by atoms with E-state index < -0.39 is 5.38 Å². The first-order chi connectivity index (χ1) is 11.2. The van der Waals surface area contributed by atoms with Gasteiger partial charge in [-0.3, -0.25) is 4.79 Å². The first kappa shape index (κ1) is 18.7. The van der Waals surface area contributed by atoms with Gasteiger partial charge in [-0.25, -0.2) is 0 Å². The average molecular weight is 355 g/mol. The molecule has 1 unspecified atom stereocenters. The fraction of sp³-hybridized carbons (Fsp3) is 0.632. The van der Waals surface area contributed by atoms with E-state index in [2.05, 4.69) is 24.5 Å². The minimum atomic E-state index is -0.550. The number of hydrogen-bond acceptors (Lipinski definition) is 3. The molecular formula is C19H27ClO2S. The summed E-state index contributed by atoms with van der Waals surface area (Å²) in [6.07, 6.45) is 10.3. The highest BCUT2D eigenvalue weighted by molar-refractivity contribution is 7.98. The molecule has 1 aromatic carbocycles. The van der Waals surface area contributed by atoms with Gasteiger partial charge in [0, 0.05) is 4.90 Å². The van der Waals surface area contributed by atoms with Crippen LogP contribution >= 0.6 is 23.4 Å². The number of ether oxygens (including phenoxy) is 1. The lowest BCUT2D eigenvalue weighted by Crippen LogP contribution is -2.18. The van der Waals surface area contributed by atoms with E-state index in [0.29, 0.717) is 13.0 Å². The van der Waals surface area contributed by atoms with Crippen molar-refractivity contribution in [2.45, 2.75) is 68.1 Å². The second-order valence-corrected chi connectivity index (χ2v) is 7.54. The maximum absolute atomic E-state index is 11.6. The lowest BCUT2D eigenvalue weighted by molar-refractivity contribution is -0.142. The van der Waals surface area contributed by atoms with Gasteiger partial charge in [-0.2, -0.15) is 0 Å². The van der Waals surface area contributed by atoms with Crippen molar-refractivity contribution < 1.29 is 9.53 Å². The van der Waals surface area contributed by atoms with Crippen LogP contribution in [0.25, 0.3) is 0 Å². The number of halogens is 1. The predicted octanol–water partition coefficient (Wildman–Crippen LogP) is 5.56. The van der Waals surface area contributed by atoms with Crippen molar-refractivity contribution in [1.82, 2.24) is 0 Å². The molecule has 1 atom stereocenters. The van der Waals surface area contributed by atoms with Crippen LogP contribution in [0.4, 0.5) is 0 Å². The van der Waals surface area contributed by atoms with Gasteiger partial charge in [-0.05, 0) is 62.0 Å². The van der Waals surface area contributed by atoms with Crippen LogP contribution in [-0.2, 0) is 16.0 Å². The topological polar surface area (TPSA) is 26.3 Å². The monoisotopic (exact) mass is 354 g/mol. The Morgan fingerprint density at radius 2 is 2.09 bits per heavy atom. The summed E-state index contributed by atoms with van der Waals surface area (Å²) in [5.74, 6) is 0.415. The van der Waals surface area contributed by atoms with E-state index in [4.69, 9.17) is 16.3 Å². The van der Waals surface area contributed by atoms with E-state index in [1.165, 1.54) is 48.1 Å². The second kappa shape index (κ2) is 9.58. The zero-order chi connectivity index (χ0) is 16.7. The number of esters is 1. The molecule has 1 fully saturated rings. The predicted molar refractivity (Wildman–Crippen MR) is 98.6 cm³/mol. The Kier molecular flexibility index (Phi) is 7.78. The summed E-state index contributed by atoms with van der Waals surface area (Å²) in [6.45, 7) is 2.19. The van der Waals surface area contributed by atoms with Gasteiger partial charge in [-0.15, -0.1) is 23.4 Å². The van der Waals surface area contributed by atoms with Crippen LogP contribution in [0.5, 0.6) is 0 Å². The summed E-state index contributed by atoms with van der Waals surface area (Å²) in [5.41, 5.74) is 2.76. The van der Waals surface area contributed by atoms with Crippen molar-refractivity contribution in [3.8, 4) is 0 Å². The fourth-order valence-electron chi connectivity index (χ4n) is 3.31. The van der Waals surface area contributed by atoms with Gasteiger partial charge in [0.15, 0.2) is 0 Å². The molecule has 0 aliphatic heterocycles. The van der Waals surface area contributed by atoms with E-state index in [1.54, 1.807) is 6.92 Å². The van der Waals surface area contributed by atoms with Crippen LogP contribution < -0.4 is 0 Å². The fourth-order valence-corrected chi connectivity index (χ4v) is 4.22. The molecule has 2 nitrogen and oxygen atoms in total. The molecule has 1 saturated carbocycles. The highest BCUT2D eigenvalue weighted by atomic mass is 35.5. The molecule has 4 heteroatoms. The van der Waals surface area contributed by atoms with Crippen LogP contribution in [0.3, 0.4) is 0 Å². The summed E-state index contributed by atoms with van der Waals surface area (Å²) in [7, 11) is 0. The number of carbonyl (C=O) groups is 1. The van der Waals surface area contributed by atoms with Crippen LogP contribution in [0.1, 0.15) is 62.5 Å². The number of hydrogen-bond donors (Lipinski definition) is 0. The molecule has 1 aliphatic carbocycles. The largest absolute Gasteiger partial charge is 0.465 e. The summed E-state index contributed by atoms with van der Waals surface area (Å²) < 4.78 is 4.96. The molecule has 23 heavy (non-hydrogen) atoms. The van der Waals surface area contributed by atoms with Crippen LogP contribution in [0.2, 0.25) is 0 Å². The molecule has 0 bridgehead atoms. The highest BCUT2D eigenvalue weighted by Crippen LogP contribution is 2.37. The highest BCUT2D eigenvalue weighted by Gasteiger charge is 2.19. The van der Waals surface area contributed by atoms with Crippen molar-refractivity contribution in [2.75, 3.05) is 12.9 Å². The van der Waals surface area contributed by atoms with Crippen molar-refractivity contribution in [2.24, 2.45) is 0 Å². The average Bonchev–Trinajstić information content (AvgIpc) is 2.60. The zero-order valence-corrected chi connectivity index (χ0v) is 15.7. The summed E-state index contributed by atoms with van der Waals surface area (Å²) >= 11 is 7.93. The van der Waals surface area contributed by atoms with E-state index in [0.717, 1.165) is 12.3 Å². The molecule has 0 saturated heterocycles. The molecule has 0 N–H and O–H groups in total. The van der Waals surface area contributed by atoms with E-state index in [1.807, 2.05) is 11.8 Å². The molecule has 0 spiro atoms. The molecule has 1 aromatic rings. The minimum Gasteiger partial charge on any atom is -0.465 e. The number of aryl methyl sites for hydroxylation is 1. The molecular weight excluding hydrogens is 328 g/mol. The van der Waals surface area contributed by atoms with Crippen LogP contribution in [0, 0.1) is 0 Å². The molecule has 128 valence electrons. The number of carbonyl (C=O) groups excluding carboxylic acids is 1. The minimum absolute atomic E-state index is 0.307. The number of alkyl halides is 1. The molecule has 1 aliphatic rings. The van der Waals surface area contributed by atoms with Crippen LogP contribution in [0.15, 0.2) is 23.1 Å². The number of benzene rings is 1. The van der Waals surface area contributed by atoms with Crippen molar-refractivity contribution in [3.63, 3.8) is 0 Å². The van der Waals surface area contributed by atoms with E-state index in [9.17, 15) is 4.79 Å². The first-order valence-corrected chi connectivity index (χ1v) is 10.3. The summed E-state index contributed by atoms with van der Waals surface area (Å²) in [5, 5.41) is -0.550. The Morgan fingerprint density at radius 3 is 2.74 bits per heavy atom. The second-order valence-electron chi connectivity index (χ2n) is 6.17. The standard InChI is InChI=1S/C19H27ClO2S/c1-3-22-19(21)17(20)12-10-14-9-11-16(18(13-14)23-2)15-7-5-4-6-8-15/h9,11,13,15,17H,3-8,10,12H2,1-2H3. The van der Waals surface area contributed by atoms with Gasteiger partial charge in [0.2, 0.25) is 0 Å². The third-order valence-corrected chi connectivity index (χ3v) is 5.76. The van der Waals surface area contributed by atoms with Gasteiger partial charge in [0.1, 0.15) is 5.38 Å². The number of rotatable bonds is 7. The normalized spacial score (nSPS) is 17.0. The lowest BCUT2D eigenvalue weighted by Gasteiger charge is -2.24. The van der Waals surface area contributed by atoms with Gasteiger partial charge >= 0.3 is 5.97 Å². The smallest absolute Gasteiger partial charge is 0.324 e. The molecule has 0 heterocycles. The third kappa shape index (κ3) is 5.42. The Bertz CT molecular complexity index is 512. The Morgan fingerprint density at radius 1 is 1.35 bits per heavy atom. The molecule has 0 aromatic heterocycles. The quantitative estimate of drug-likeness (QED) is 0.364. The van der Waals surface area contributed by atoms with E-state index in [-0.39, 0.29) is 5.97 Å². The van der Waals surface area contributed by atoms with Crippen molar-refractivity contribution >= 4 is 29.3 Å². The lowest BCUT2D eigenvalue weighted by atomic mass is 9.83. The van der Waals surface area contributed by atoms with Crippen LogP contribution in [-0.4, -0.2) is 24.2 Å². The first-order valence-electron chi connectivity index (χ1n) is 8.63. The summed E-state index contributed by atoms with van der Waals surface area (Å²) in [4.78, 5) is 13.0. The van der Waals surface area contributed by atoms with Gasteiger partial charge in [-0.1, -0.05) is 31.4 Å². The van der Waals surface area contributed by atoms with Gasteiger partial charge < -0.3 is 4.74 Å². The zero-order valence-electron chi connectivity index (χ0n) is 14.1. The molecule has 0 radical (unpaired) electrons.